The standard InChI is InChI=1S/C9H6O3S/c10-9(11)8-2-1-7(12-8)6-3-4-13-5-6/h1-5H,(H,10,11). The minimum atomic E-state index is -1.04. The fourth-order valence-corrected chi connectivity index (χ4v) is 1.66. The van der Waals surface area contributed by atoms with E-state index in [4.69, 9.17) is 9.52 Å². The summed E-state index contributed by atoms with van der Waals surface area (Å²) in [6, 6.07) is 5.00. The zero-order valence-corrected chi connectivity index (χ0v) is 7.38. The van der Waals surface area contributed by atoms with Gasteiger partial charge in [0, 0.05) is 10.9 Å². The average molecular weight is 194 g/mol. The lowest BCUT2D eigenvalue weighted by Crippen LogP contribution is -1.91. The molecule has 0 saturated heterocycles. The number of hydrogen-bond acceptors (Lipinski definition) is 3. The molecule has 1 N–H and O–H groups in total. The minimum absolute atomic E-state index is 0.0267. The molecular formula is C9H6O3S. The van der Waals surface area contributed by atoms with E-state index in [0.29, 0.717) is 5.76 Å². The van der Waals surface area contributed by atoms with Crippen LogP contribution in [0.4, 0.5) is 0 Å². The molecule has 2 aromatic heterocycles. The van der Waals surface area contributed by atoms with Gasteiger partial charge in [0.25, 0.3) is 0 Å². The van der Waals surface area contributed by atoms with E-state index in [-0.39, 0.29) is 5.76 Å². The number of furan rings is 1. The van der Waals surface area contributed by atoms with Crippen LogP contribution in [0.2, 0.25) is 0 Å². The third-order valence-electron chi connectivity index (χ3n) is 1.62. The molecule has 2 aromatic rings. The highest BCUT2D eigenvalue weighted by atomic mass is 32.1. The monoisotopic (exact) mass is 194 g/mol. The fourth-order valence-electron chi connectivity index (χ4n) is 1.01. The fraction of sp³-hybridized carbons (Fsp3) is 0. The topological polar surface area (TPSA) is 50.4 Å². The van der Waals surface area contributed by atoms with Crippen LogP contribution in [-0.2, 0) is 0 Å². The summed E-state index contributed by atoms with van der Waals surface area (Å²) >= 11 is 1.54. The van der Waals surface area contributed by atoms with Crippen molar-refractivity contribution in [2.75, 3.05) is 0 Å². The molecule has 0 bridgehead atoms. The van der Waals surface area contributed by atoms with E-state index in [2.05, 4.69) is 0 Å². The van der Waals surface area contributed by atoms with Gasteiger partial charge in [-0.05, 0) is 23.6 Å². The van der Waals surface area contributed by atoms with E-state index >= 15 is 0 Å². The van der Waals surface area contributed by atoms with Crippen LogP contribution in [0, 0.1) is 0 Å². The molecule has 2 heterocycles. The summed E-state index contributed by atoms with van der Waals surface area (Å²) in [4.78, 5) is 10.5. The highest BCUT2D eigenvalue weighted by Crippen LogP contribution is 2.24. The molecule has 4 heteroatoms. The van der Waals surface area contributed by atoms with E-state index in [9.17, 15) is 4.79 Å². The molecule has 0 aliphatic heterocycles. The summed E-state index contributed by atoms with van der Waals surface area (Å²) < 4.78 is 5.10. The van der Waals surface area contributed by atoms with Crippen molar-refractivity contribution in [3.8, 4) is 11.3 Å². The Morgan fingerprint density at radius 1 is 1.38 bits per heavy atom. The summed E-state index contributed by atoms with van der Waals surface area (Å²) in [7, 11) is 0. The van der Waals surface area contributed by atoms with E-state index in [1.807, 2.05) is 16.8 Å². The Bertz CT molecular complexity index is 414. The maximum Gasteiger partial charge on any atom is 0.371 e. The molecule has 2 rings (SSSR count). The van der Waals surface area contributed by atoms with Crippen molar-refractivity contribution in [1.29, 1.82) is 0 Å². The molecule has 0 amide bonds. The smallest absolute Gasteiger partial charge is 0.371 e. The van der Waals surface area contributed by atoms with Crippen molar-refractivity contribution in [2.45, 2.75) is 0 Å². The average Bonchev–Trinajstić information content (AvgIpc) is 2.75. The van der Waals surface area contributed by atoms with Gasteiger partial charge in [-0.15, -0.1) is 0 Å². The van der Waals surface area contributed by atoms with Crippen LogP contribution in [0.25, 0.3) is 11.3 Å². The number of hydrogen-bond donors (Lipinski definition) is 1. The zero-order chi connectivity index (χ0) is 9.26. The Labute approximate surface area is 78.2 Å². The van der Waals surface area contributed by atoms with Gasteiger partial charge in [-0.2, -0.15) is 11.3 Å². The number of thiophene rings is 1. The number of carboxylic acid groups (broad SMARTS) is 1. The van der Waals surface area contributed by atoms with Gasteiger partial charge in [-0.1, -0.05) is 0 Å². The molecule has 0 aromatic carbocycles. The van der Waals surface area contributed by atoms with Gasteiger partial charge in [0.15, 0.2) is 0 Å². The third kappa shape index (κ3) is 1.48. The van der Waals surface area contributed by atoms with Crippen molar-refractivity contribution in [1.82, 2.24) is 0 Å². The van der Waals surface area contributed by atoms with Crippen molar-refractivity contribution in [3.05, 3.63) is 34.7 Å². The number of carboxylic acids is 1. The van der Waals surface area contributed by atoms with Crippen LogP contribution in [-0.4, -0.2) is 11.1 Å². The number of aromatic carboxylic acids is 1. The van der Waals surface area contributed by atoms with Crippen molar-refractivity contribution < 1.29 is 14.3 Å². The van der Waals surface area contributed by atoms with Gasteiger partial charge in [-0.3, -0.25) is 0 Å². The van der Waals surface area contributed by atoms with Crippen molar-refractivity contribution in [2.24, 2.45) is 0 Å². The van der Waals surface area contributed by atoms with Gasteiger partial charge >= 0.3 is 5.97 Å². The van der Waals surface area contributed by atoms with Gasteiger partial charge in [0.1, 0.15) is 5.76 Å². The van der Waals surface area contributed by atoms with Gasteiger partial charge < -0.3 is 9.52 Å². The number of rotatable bonds is 2. The molecule has 0 radical (unpaired) electrons. The predicted molar refractivity (Wildman–Crippen MR) is 49.0 cm³/mol. The second kappa shape index (κ2) is 3.06. The Morgan fingerprint density at radius 3 is 2.77 bits per heavy atom. The van der Waals surface area contributed by atoms with Crippen LogP contribution in [0.15, 0.2) is 33.4 Å². The lowest BCUT2D eigenvalue weighted by atomic mass is 10.3. The van der Waals surface area contributed by atoms with Crippen LogP contribution < -0.4 is 0 Å². The lowest BCUT2D eigenvalue weighted by molar-refractivity contribution is 0.0663. The second-order valence-electron chi connectivity index (χ2n) is 2.48. The molecule has 0 aliphatic carbocycles. The van der Waals surface area contributed by atoms with Crippen molar-refractivity contribution >= 4 is 17.3 Å². The Balaban J connectivity index is 2.39. The van der Waals surface area contributed by atoms with Crippen LogP contribution in [0.5, 0.6) is 0 Å². The highest BCUT2D eigenvalue weighted by molar-refractivity contribution is 7.08. The molecule has 66 valence electrons. The summed E-state index contributed by atoms with van der Waals surface area (Å²) in [5.74, 6) is -0.471. The lowest BCUT2D eigenvalue weighted by Gasteiger charge is -1.88. The molecular weight excluding hydrogens is 188 g/mol. The maximum absolute atomic E-state index is 10.5. The van der Waals surface area contributed by atoms with Crippen LogP contribution >= 0.6 is 11.3 Å². The van der Waals surface area contributed by atoms with E-state index in [1.165, 1.54) is 6.07 Å². The molecule has 0 saturated carbocycles. The molecule has 0 fully saturated rings. The summed E-state index contributed by atoms with van der Waals surface area (Å²) in [6.45, 7) is 0. The Hall–Kier alpha value is -1.55. The van der Waals surface area contributed by atoms with Gasteiger partial charge in [0.2, 0.25) is 5.76 Å². The summed E-state index contributed by atoms with van der Waals surface area (Å²) in [6.07, 6.45) is 0. The molecule has 3 nitrogen and oxygen atoms in total. The minimum Gasteiger partial charge on any atom is -0.475 e. The Morgan fingerprint density at radius 2 is 2.23 bits per heavy atom. The van der Waals surface area contributed by atoms with E-state index < -0.39 is 5.97 Å². The van der Waals surface area contributed by atoms with E-state index in [1.54, 1.807) is 17.4 Å². The predicted octanol–water partition coefficient (Wildman–Crippen LogP) is 2.71. The van der Waals surface area contributed by atoms with Crippen LogP contribution in [0.1, 0.15) is 10.6 Å². The van der Waals surface area contributed by atoms with Gasteiger partial charge in [0.05, 0.1) is 0 Å². The first-order valence-electron chi connectivity index (χ1n) is 3.63. The molecule has 0 atom stereocenters. The maximum atomic E-state index is 10.5. The number of carbonyl (C=O) groups is 1. The SMILES string of the molecule is O=C(O)c1ccc(-c2ccsc2)o1. The zero-order valence-electron chi connectivity index (χ0n) is 6.56. The second-order valence-corrected chi connectivity index (χ2v) is 3.26. The molecule has 0 spiro atoms. The highest BCUT2D eigenvalue weighted by Gasteiger charge is 2.09. The molecule has 13 heavy (non-hydrogen) atoms. The largest absolute Gasteiger partial charge is 0.475 e. The Kier molecular flexibility index (Phi) is 1.90. The summed E-state index contributed by atoms with van der Waals surface area (Å²) in [5, 5.41) is 12.4. The molecule has 0 aliphatic rings. The molecule has 0 unspecified atom stereocenters. The first kappa shape index (κ1) is 8.07. The normalized spacial score (nSPS) is 10.2. The van der Waals surface area contributed by atoms with Crippen molar-refractivity contribution in [3.63, 3.8) is 0 Å². The van der Waals surface area contributed by atoms with E-state index in [0.717, 1.165) is 5.56 Å². The summed E-state index contributed by atoms with van der Waals surface area (Å²) in [5.41, 5.74) is 0.914. The quantitative estimate of drug-likeness (QED) is 0.799. The van der Waals surface area contributed by atoms with Gasteiger partial charge in [-0.25, -0.2) is 4.79 Å². The first-order valence-corrected chi connectivity index (χ1v) is 4.57. The first-order chi connectivity index (χ1) is 6.27. The third-order valence-corrected chi connectivity index (χ3v) is 2.31. The van der Waals surface area contributed by atoms with Crippen LogP contribution in [0.3, 0.4) is 0 Å².